The Bertz CT molecular complexity index is 792. The van der Waals surface area contributed by atoms with Gasteiger partial charge in [-0.15, -0.1) is 0 Å². The zero-order valence-corrected chi connectivity index (χ0v) is 11.2. The van der Waals surface area contributed by atoms with E-state index in [4.69, 9.17) is 10.00 Å². The van der Waals surface area contributed by atoms with E-state index in [1.165, 1.54) is 0 Å². The second-order valence-corrected chi connectivity index (χ2v) is 4.45. The number of nitriles is 1. The van der Waals surface area contributed by atoms with E-state index in [0.29, 0.717) is 17.1 Å². The molecule has 3 heteroatoms. The molecule has 3 rings (SSSR count). The lowest BCUT2D eigenvalue weighted by Gasteiger charge is -2.11. The van der Waals surface area contributed by atoms with Crippen molar-refractivity contribution >= 4 is 0 Å². The normalized spacial score (nSPS) is 9.86. The lowest BCUT2D eigenvalue weighted by Crippen LogP contribution is -1.91. The molecule has 2 aromatic carbocycles. The molecule has 0 unspecified atom stereocenters. The minimum Gasteiger partial charge on any atom is -0.454 e. The van der Waals surface area contributed by atoms with Crippen molar-refractivity contribution in [2.75, 3.05) is 0 Å². The molecule has 0 aliphatic rings. The Kier molecular flexibility index (Phi) is 3.62. The summed E-state index contributed by atoms with van der Waals surface area (Å²) in [7, 11) is 0. The fourth-order valence-corrected chi connectivity index (χ4v) is 2.08. The van der Waals surface area contributed by atoms with Crippen molar-refractivity contribution in [2.45, 2.75) is 0 Å². The average molecular weight is 272 g/mol. The molecule has 0 saturated carbocycles. The average Bonchev–Trinajstić information content (AvgIpc) is 2.57. The lowest BCUT2D eigenvalue weighted by atomic mass is 10.0. The number of rotatable bonds is 3. The van der Waals surface area contributed by atoms with Crippen molar-refractivity contribution in [2.24, 2.45) is 0 Å². The predicted molar refractivity (Wildman–Crippen MR) is 80.9 cm³/mol. The highest BCUT2D eigenvalue weighted by atomic mass is 16.5. The van der Waals surface area contributed by atoms with Gasteiger partial charge in [0.2, 0.25) is 0 Å². The lowest BCUT2D eigenvalue weighted by molar-refractivity contribution is 0.480. The van der Waals surface area contributed by atoms with Crippen molar-refractivity contribution in [1.29, 1.82) is 5.26 Å². The van der Waals surface area contributed by atoms with Crippen LogP contribution in [0, 0.1) is 11.3 Å². The number of pyridine rings is 1. The quantitative estimate of drug-likeness (QED) is 0.709. The molecule has 0 aliphatic carbocycles. The monoisotopic (exact) mass is 272 g/mol. The number of hydrogen-bond donors (Lipinski definition) is 0. The van der Waals surface area contributed by atoms with E-state index >= 15 is 0 Å². The molecule has 0 saturated heterocycles. The molecule has 1 heterocycles. The van der Waals surface area contributed by atoms with E-state index in [0.717, 1.165) is 11.1 Å². The maximum Gasteiger partial charge on any atom is 0.163 e. The van der Waals surface area contributed by atoms with Gasteiger partial charge >= 0.3 is 0 Å². The maximum atomic E-state index is 9.13. The first-order valence-corrected chi connectivity index (χ1v) is 6.55. The van der Waals surface area contributed by atoms with Crippen LogP contribution < -0.4 is 4.74 Å². The van der Waals surface area contributed by atoms with E-state index in [2.05, 4.69) is 11.1 Å². The Morgan fingerprint density at radius 2 is 1.62 bits per heavy atom. The number of benzene rings is 2. The summed E-state index contributed by atoms with van der Waals surface area (Å²) in [4.78, 5) is 4.02. The summed E-state index contributed by atoms with van der Waals surface area (Å²) in [6.07, 6.45) is 3.13. The molecular formula is C18H12N2O. The van der Waals surface area contributed by atoms with E-state index in [1.54, 1.807) is 18.5 Å². The van der Waals surface area contributed by atoms with Gasteiger partial charge in [-0.3, -0.25) is 4.98 Å². The SMILES string of the molecule is N#Cc1ccncc1Oc1ccccc1-c1ccccc1. The van der Waals surface area contributed by atoms with E-state index in [9.17, 15) is 0 Å². The molecule has 0 N–H and O–H groups in total. The summed E-state index contributed by atoms with van der Waals surface area (Å²) in [5, 5.41) is 9.13. The van der Waals surface area contributed by atoms with Crippen LogP contribution in [0.4, 0.5) is 0 Å². The topological polar surface area (TPSA) is 45.9 Å². The third-order valence-corrected chi connectivity index (χ3v) is 3.10. The maximum absolute atomic E-state index is 9.13. The van der Waals surface area contributed by atoms with Crippen LogP contribution >= 0.6 is 0 Å². The summed E-state index contributed by atoms with van der Waals surface area (Å²) in [6.45, 7) is 0. The molecule has 0 spiro atoms. The highest BCUT2D eigenvalue weighted by molar-refractivity contribution is 5.70. The molecule has 0 amide bonds. The first-order valence-electron chi connectivity index (χ1n) is 6.55. The largest absolute Gasteiger partial charge is 0.454 e. The van der Waals surface area contributed by atoms with Gasteiger partial charge in [0.25, 0.3) is 0 Å². The van der Waals surface area contributed by atoms with Gasteiger partial charge < -0.3 is 4.74 Å². The first kappa shape index (κ1) is 12.9. The van der Waals surface area contributed by atoms with Crippen molar-refractivity contribution in [3.05, 3.63) is 78.6 Å². The fourth-order valence-electron chi connectivity index (χ4n) is 2.08. The van der Waals surface area contributed by atoms with Crippen molar-refractivity contribution in [3.63, 3.8) is 0 Å². The van der Waals surface area contributed by atoms with Gasteiger partial charge in [-0.05, 0) is 17.7 Å². The van der Waals surface area contributed by atoms with Crippen molar-refractivity contribution in [3.8, 4) is 28.7 Å². The van der Waals surface area contributed by atoms with E-state index in [1.807, 2.05) is 54.6 Å². The van der Waals surface area contributed by atoms with Crippen LogP contribution in [-0.2, 0) is 0 Å². The number of ether oxygens (including phenoxy) is 1. The summed E-state index contributed by atoms with van der Waals surface area (Å²) >= 11 is 0. The fraction of sp³-hybridized carbons (Fsp3) is 0. The van der Waals surface area contributed by atoms with Gasteiger partial charge in [0, 0.05) is 11.8 Å². The highest BCUT2D eigenvalue weighted by Crippen LogP contribution is 2.33. The molecule has 3 aromatic rings. The van der Waals surface area contributed by atoms with Crippen LogP contribution in [0.2, 0.25) is 0 Å². The number of para-hydroxylation sites is 1. The minimum atomic E-state index is 0.461. The zero-order chi connectivity index (χ0) is 14.5. The van der Waals surface area contributed by atoms with Crippen LogP contribution in [-0.4, -0.2) is 4.98 Å². The van der Waals surface area contributed by atoms with Gasteiger partial charge in [-0.25, -0.2) is 0 Å². The van der Waals surface area contributed by atoms with Crippen LogP contribution in [0.1, 0.15) is 5.56 Å². The second-order valence-electron chi connectivity index (χ2n) is 4.45. The first-order chi connectivity index (χ1) is 10.4. The smallest absolute Gasteiger partial charge is 0.163 e. The Morgan fingerprint density at radius 3 is 2.43 bits per heavy atom. The van der Waals surface area contributed by atoms with Gasteiger partial charge in [-0.2, -0.15) is 5.26 Å². The third kappa shape index (κ3) is 2.75. The number of aromatic nitrogens is 1. The van der Waals surface area contributed by atoms with Crippen LogP contribution in [0.5, 0.6) is 11.5 Å². The molecule has 21 heavy (non-hydrogen) atoms. The van der Waals surface area contributed by atoms with Crippen molar-refractivity contribution < 1.29 is 4.74 Å². The standard InChI is InChI=1S/C18H12N2O/c19-12-15-10-11-20-13-18(15)21-17-9-5-4-8-16(17)14-6-2-1-3-7-14/h1-11,13H. The van der Waals surface area contributed by atoms with Crippen LogP contribution in [0.15, 0.2) is 73.1 Å². The van der Waals surface area contributed by atoms with E-state index in [-0.39, 0.29) is 0 Å². The molecule has 1 aromatic heterocycles. The molecular weight excluding hydrogens is 260 g/mol. The molecule has 3 nitrogen and oxygen atoms in total. The van der Waals surface area contributed by atoms with E-state index < -0.39 is 0 Å². The molecule has 0 radical (unpaired) electrons. The molecule has 0 bridgehead atoms. The zero-order valence-electron chi connectivity index (χ0n) is 11.2. The molecule has 100 valence electrons. The summed E-state index contributed by atoms with van der Waals surface area (Å²) in [5.74, 6) is 1.16. The summed E-state index contributed by atoms with van der Waals surface area (Å²) < 4.78 is 5.90. The molecule has 0 fully saturated rings. The van der Waals surface area contributed by atoms with Crippen LogP contribution in [0.3, 0.4) is 0 Å². The van der Waals surface area contributed by atoms with Crippen molar-refractivity contribution in [1.82, 2.24) is 4.98 Å². The van der Waals surface area contributed by atoms with Gasteiger partial charge in [0.1, 0.15) is 11.8 Å². The minimum absolute atomic E-state index is 0.461. The molecule has 0 aliphatic heterocycles. The van der Waals surface area contributed by atoms with Gasteiger partial charge in [-0.1, -0.05) is 48.5 Å². The Morgan fingerprint density at radius 1 is 0.857 bits per heavy atom. The van der Waals surface area contributed by atoms with Gasteiger partial charge in [0.15, 0.2) is 5.75 Å². The van der Waals surface area contributed by atoms with Crippen LogP contribution in [0.25, 0.3) is 11.1 Å². The Hall–Kier alpha value is -3.12. The Labute approximate surface area is 123 Å². The van der Waals surface area contributed by atoms with Gasteiger partial charge in [0.05, 0.1) is 11.8 Å². The Balaban J connectivity index is 2.03. The summed E-state index contributed by atoms with van der Waals surface area (Å²) in [5.41, 5.74) is 2.51. The predicted octanol–water partition coefficient (Wildman–Crippen LogP) is 4.41. The number of hydrogen-bond acceptors (Lipinski definition) is 3. The highest BCUT2D eigenvalue weighted by Gasteiger charge is 2.09. The third-order valence-electron chi connectivity index (χ3n) is 3.10. The number of nitrogens with zero attached hydrogens (tertiary/aromatic N) is 2. The summed E-state index contributed by atoms with van der Waals surface area (Å²) in [6, 6.07) is 21.5. The molecule has 0 atom stereocenters. The second kappa shape index (κ2) is 5.89.